The lowest BCUT2D eigenvalue weighted by Crippen LogP contribution is -2.26. The first kappa shape index (κ1) is 45.3. The molecule has 10 aromatic rings. The molecule has 2 aromatic heterocycles. The highest BCUT2D eigenvalue weighted by atomic mass is 16.5. The van der Waals surface area contributed by atoms with Gasteiger partial charge in [-0.3, -0.25) is 4.57 Å². The van der Waals surface area contributed by atoms with Crippen LogP contribution in [-0.2, 0) is 16.2 Å². The fourth-order valence-electron chi connectivity index (χ4n) is 10.4. The van der Waals surface area contributed by atoms with Crippen molar-refractivity contribution in [3.05, 3.63) is 258 Å². The zero-order valence-corrected chi connectivity index (χ0v) is 41.8. The lowest BCUT2D eigenvalue weighted by Gasteiger charge is -2.28. The topological polar surface area (TPSA) is 33.5 Å². The van der Waals surface area contributed by atoms with Crippen LogP contribution in [-0.4, -0.2) is 16.2 Å². The van der Waals surface area contributed by atoms with Crippen molar-refractivity contribution >= 4 is 38.9 Å². The lowest BCUT2D eigenvalue weighted by atomic mass is 9.76. The van der Waals surface area contributed by atoms with Crippen LogP contribution in [0.5, 0.6) is 11.5 Å². The molecule has 71 heavy (non-hydrogen) atoms. The van der Waals surface area contributed by atoms with Crippen LogP contribution in [0, 0.1) is 0 Å². The van der Waals surface area contributed by atoms with Gasteiger partial charge in [-0.05, 0) is 98.5 Å². The maximum atomic E-state index is 7.13. The molecule has 3 heterocycles. The van der Waals surface area contributed by atoms with Crippen molar-refractivity contribution in [3.8, 4) is 28.4 Å². The second kappa shape index (κ2) is 18.0. The number of fused-ring (bicyclic) bond motifs is 3. The fourth-order valence-corrected chi connectivity index (χ4v) is 10.4. The normalized spacial score (nSPS) is 13.3. The Hall–Kier alpha value is -8.15. The Morgan fingerprint density at radius 3 is 1.77 bits per heavy atom. The van der Waals surface area contributed by atoms with Crippen LogP contribution < -0.4 is 14.5 Å². The van der Waals surface area contributed by atoms with Gasteiger partial charge in [0.25, 0.3) is 0 Å². The third kappa shape index (κ3) is 8.56. The first-order valence-corrected chi connectivity index (χ1v) is 24.8. The van der Waals surface area contributed by atoms with Crippen LogP contribution in [0.25, 0.3) is 44.4 Å². The number of nitrogens with zero attached hydrogens (tertiary/aromatic N) is 4. The Labute approximate surface area is 419 Å². The van der Waals surface area contributed by atoms with Gasteiger partial charge in [-0.15, -0.1) is 0 Å². The third-order valence-corrected chi connectivity index (χ3v) is 14.6. The van der Waals surface area contributed by atoms with Gasteiger partial charge in [-0.2, -0.15) is 0 Å². The predicted molar refractivity (Wildman–Crippen MR) is 297 cm³/mol. The summed E-state index contributed by atoms with van der Waals surface area (Å²) < 4.78 is 9.46. The molecule has 0 atom stereocenters. The Bertz CT molecular complexity index is 3570. The van der Waals surface area contributed by atoms with E-state index < -0.39 is 0 Å². The highest BCUT2D eigenvalue weighted by Gasteiger charge is 2.31. The largest absolute Gasteiger partial charge is 0.457 e. The average Bonchev–Trinajstić information content (AvgIpc) is 4.00. The molecule has 5 heteroatoms. The molecule has 350 valence electrons. The van der Waals surface area contributed by atoms with Crippen molar-refractivity contribution in [1.82, 2.24) is 9.55 Å². The molecule has 0 unspecified atom stereocenters. The molecule has 0 amide bonds. The Morgan fingerprint density at radius 1 is 0.451 bits per heavy atom. The Kier molecular flexibility index (Phi) is 11.5. The minimum atomic E-state index is -0.386. The summed E-state index contributed by atoms with van der Waals surface area (Å²) in [5.41, 5.74) is 14.5. The molecule has 0 N–H and O–H groups in total. The van der Waals surface area contributed by atoms with Crippen LogP contribution in [0.2, 0.25) is 0 Å². The zero-order chi connectivity index (χ0) is 48.9. The van der Waals surface area contributed by atoms with Crippen molar-refractivity contribution in [3.63, 3.8) is 0 Å². The fraction of sp³-hybridized carbons (Fsp3) is 0.167. The number of hydrogen-bond donors (Lipinski definition) is 0. The molecule has 0 aliphatic carbocycles. The van der Waals surface area contributed by atoms with E-state index >= 15 is 0 Å². The minimum Gasteiger partial charge on any atom is -0.457 e. The number of anilines is 2. The standard InChI is InChI=1S/C66H60N4O/c1-64(2,3)52-37-48(46-23-12-8-13-24-46)38-54(39-52)69-45-68(44-61(69)47-25-14-9-15-26-47)53-31-22-32-55(41-53)71-56-42-58(66(6,7)50-29-18-11-19-30-50)63-57-33-20-21-34-59(57)70(60(63)43-56)62-40-51(35-36-67-62)65(4,5)49-27-16-10-17-28-49/h8-44H,45H2,1-7H3. The van der Waals surface area contributed by atoms with E-state index in [-0.39, 0.29) is 16.2 Å². The number of rotatable bonds is 11. The van der Waals surface area contributed by atoms with Crippen LogP contribution in [0.4, 0.5) is 11.4 Å². The van der Waals surface area contributed by atoms with Crippen molar-refractivity contribution < 1.29 is 4.74 Å². The van der Waals surface area contributed by atoms with E-state index in [1.54, 1.807) is 0 Å². The number of pyridine rings is 1. The predicted octanol–water partition coefficient (Wildman–Crippen LogP) is 16.9. The van der Waals surface area contributed by atoms with Gasteiger partial charge >= 0.3 is 0 Å². The summed E-state index contributed by atoms with van der Waals surface area (Å²) in [6, 6.07) is 76.2. The van der Waals surface area contributed by atoms with Crippen LogP contribution in [0.3, 0.4) is 0 Å². The van der Waals surface area contributed by atoms with Gasteiger partial charge in [0.2, 0.25) is 0 Å². The van der Waals surface area contributed by atoms with E-state index in [1.165, 1.54) is 49.7 Å². The van der Waals surface area contributed by atoms with Gasteiger partial charge in [0.05, 0.1) is 23.4 Å². The highest BCUT2D eigenvalue weighted by Crippen LogP contribution is 2.46. The van der Waals surface area contributed by atoms with Gasteiger partial charge in [0.1, 0.15) is 17.3 Å². The first-order valence-electron chi connectivity index (χ1n) is 24.8. The maximum Gasteiger partial charge on any atom is 0.137 e. The second-order valence-electron chi connectivity index (χ2n) is 21.0. The van der Waals surface area contributed by atoms with E-state index in [0.717, 1.165) is 51.0 Å². The van der Waals surface area contributed by atoms with Crippen molar-refractivity contribution in [2.24, 2.45) is 0 Å². The van der Waals surface area contributed by atoms with E-state index in [1.807, 2.05) is 6.20 Å². The van der Waals surface area contributed by atoms with Crippen molar-refractivity contribution in [2.45, 2.75) is 64.7 Å². The molecule has 0 bridgehead atoms. The molecule has 0 saturated carbocycles. The Balaban J connectivity index is 1.02. The molecule has 0 radical (unpaired) electrons. The number of benzene rings is 8. The third-order valence-electron chi connectivity index (χ3n) is 14.6. The zero-order valence-electron chi connectivity index (χ0n) is 41.8. The molecule has 0 fully saturated rings. The van der Waals surface area contributed by atoms with Crippen LogP contribution in [0.15, 0.2) is 225 Å². The molecule has 5 nitrogen and oxygen atoms in total. The van der Waals surface area contributed by atoms with Gasteiger partial charge in [-0.1, -0.05) is 200 Å². The summed E-state index contributed by atoms with van der Waals surface area (Å²) in [5.74, 6) is 2.38. The highest BCUT2D eigenvalue weighted by molar-refractivity contribution is 6.12. The van der Waals surface area contributed by atoms with Crippen molar-refractivity contribution in [2.75, 3.05) is 16.5 Å². The molecular weight excluding hydrogens is 865 g/mol. The summed E-state index contributed by atoms with van der Waals surface area (Å²) in [5, 5.41) is 2.36. The van der Waals surface area contributed by atoms with Gasteiger partial charge in [0, 0.05) is 57.5 Å². The van der Waals surface area contributed by atoms with Crippen LogP contribution in [0.1, 0.15) is 81.8 Å². The second-order valence-corrected chi connectivity index (χ2v) is 21.0. The monoisotopic (exact) mass is 924 g/mol. The number of para-hydroxylation sites is 1. The summed E-state index contributed by atoms with van der Waals surface area (Å²) in [7, 11) is 0. The van der Waals surface area contributed by atoms with Gasteiger partial charge < -0.3 is 14.5 Å². The van der Waals surface area contributed by atoms with Gasteiger partial charge in [-0.25, -0.2) is 4.98 Å². The number of ether oxygens (including phenoxy) is 1. The summed E-state index contributed by atoms with van der Waals surface area (Å²) in [6.45, 7) is 16.7. The van der Waals surface area contributed by atoms with Gasteiger partial charge in [0.15, 0.2) is 0 Å². The smallest absolute Gasteiger partial charge is 0.137 e. The van der Waals surface area contributed by atoms with E-state index in [4.69, 9.17) is 9.72 Å². The van der Waals surface area contributed by atoms with E-state index in [2.05, 4.69) is 281 Å². The molecule has 11 rings (SSSR count). The molecule has 8 aromatic carbocycles. The summed E-state index contributed by atoms with van der Waals surface area (Å²) >= 11 is 0. The number of aromatic nitrogens is 2. The molecule has 0 spiro atoms. The maximum absolute atomic E-state index is 7.13. The molecule has 1 aliphatic rings. The average molecular weight is 925 g/mol. The summed E-state index contributed by atoms with van der Waals surface area (Å²) in [4.78, 5) is 9.89. The lowest BCUT2D eigenvalue weighted by molar-refractivity contribution is 0.481. The van der Waals surface area contributed by atoms with Crippen molar-refractivity contribution in [1.29, 1.82) is 0 Å². The number of hydrogen-bond acceptors (Lipinski definition) is 4. The molecule has 0 saturated heterocycles. The first-order chi connectivity index (χ1) is 34.3. The Morgan fingerprint density at radius 2 is 1.08 bits per heavy atom. The van der Waals surface area contributed by atoms with Crippen LogP contribution >= 0.6 is 0 Å². The molecule has 1 aliphatic heterocycles. The SMILES string of the molecule is CC(C)(C)c1cc(-c2ccccc2)cc(N2CN(c3cccc(Oc4cc(C(C)(C)c5ccccc5)c5c6ccccc6n(-c6cc(C(C)(C)c7ccccc7)ccn6)c5c4)c3)C=C2c2ccccc2)c1. The van der Waals surface area contributed by atoms with E-state index in [9.17, 15) is 0 Å². The van der Waals surface area contributed by atoms with E-state index in [0.29, 0.717) is 6.67 Å². The molecular formula is C66H60N4O. The summed E-state index contributed by atoms with van der Waals surface area (Å²) in [6.07, 6.45) is 4.24. The quantitative estimate of drug-likeness (QED) is 0.129. The minimum absolute atomic E-state index is 0.0470.